The van der Waals surface area contributed by atoms with Gasteiger partial charge in [0, 0.05) is 10.9 Å². The van der Waals surface area contributed by atoms with Crippen LogP contribution in [0.5, 0.6) is 0 Å². The number of furan rings is 1. The van der Waals surface area contributed by atoms with E-state index in [1.807, 2.05) is 18.4 Å². The van der Waals surface area contributed by atoms with Crippen molar-refractivity contribution in [2.75, 3.05) is 6.54 Å². The molecule has 0 aliphatic heterocycles. The Balaban J connectivity index is 2.01. The molecule has 0 fully saturated rings. The Morgan fingerprint density at radius 2 is 2.16 bits per heavy atom. The number of para-hydroxylation sites is 1. The molecule has 1 aliphatic rings. The second kappa shape index (κ2) is 5.62. The molecular weight excluding hydrogens is 234 g/mol. The summed E-state index contributed by atoms with van der Waals surface area (Å²) >= 11 is 0. The van der Waals surface area contributed by atoms with Crippen LogP contribution in [0.25, 0.3) is 11.0 Å². The molecule has 100 valence electrons. The minimum atomic E-state index is 0.314. The van der Waals surface area contributed by atoms with Gasteiger partial charge in [0.15, 0.2) is 0 Å². The second-order valence-corrected chi connectivity index (χ2v) is 5.20. The van der Waals surface area contributed by atoms with Crippen molar-refractivity contribution in [3.63, 3.8) is 0 Å². The molecule has 19 heavy (non-hydrogen) atoms. The van der Waals surface area contributed by atoms with Crippen LogP contribution in [0.1, 0.15) is 44.2 Å². The van der Waals surface area contributed by atoms with Crippen molar-refractivity contribution < 1.29 is 4.42 Å². The maximum absolute atomic E-state index is 5.70. The van der Waals surface area contributed by atoms with Gasteiger partial charge >= 0.3 is 0 Å². The number of hydrogen-bond donors (Lipinski definition) is 1. The molecule has 0 saturated carbocycles. The third-order valence-electron chi connectivity index (χ3n) is 3.93. The van der Waals surface area contributed by atoms with Crippen LogP contribution in [-0.4, -0.2) is 6.54 Å². The summed E-state index contributed by atoms with van der Waals surface area (Å²) in [5.74, 6) is 0. The number of likely N-dealkylation sites (N-methyl/N-ethyl adjacent to an activating group) is 1. The molecule has 1 aromatic heterocycles. The van der Waals surface area contributed by atoms with Crippen molar-refractivity contribution in [3.8, 4) is 0 Å². The summed E-state index contributed by atoms with van der Waals surface area (Å²) in [5, 5.41) is 4.85. The normalized spacial score (nSPS) is 17.4. The first-order valence-electron chi connectivity index (χ1n) is 7.28. The lowest BCUT2D eigenvalue weighted by molar-refractivity contribution is 0.550. The predicted molar refractivity (Wildman–Crippen MR) is 79.2 cm³/mol. The molecule has 0 amide bonds. The number of fused-ring (bicyclic) bond motifs is 1. The Morgan fingerprint density at radius 1 is 1.26 bits per heavy atom. The van der Waals surface area contributed by atoms with Crippen molar-refractivity contribution >= 4 is 11.0 Å². The second-order valence-electron chi connectivity index (χ2n) is 5.20. The fourth-order valence-electron chi connectivity index (χ4n) is 2.99. The summed E-state index contributed by atoms with van der Waals surface area (Å²) in [6.07, 6.45) is 9.40. The lowest BCUT2D eigenvalue weighted by Gasteiger charge is -2.23. The molecule has 2 aromatic rings. The maximum atomic E-state index is 5.70. The van der Waals surface area contributed by atoms with Crippen LogP contribution in [0.4, 0.5) is 0 Å². The van der Waals surface area contributed by atoms with Gasteiger partial charge in [-0.15, -0.1) is 0 Å². The smallest absolute Gasteiger partial charge is 0.134 e. The maximum Gasteiger partial charge on any atom is 0.134 e. The number of allylic oxidation sites excluding steroid dienone is 1. The third-order valence-corrected chi connectivity index (χ3v) is 3.93. The van der Waals surface area contributed by atoms with E-state index >= 15 is 0 Å². The highest BCUT2D eigenvalue weighted by Gasteiger charge is 2.21. The zero-order valence-corrected chi connectivity index (χ0v) is 11.5. The topological polar surface area (TPSA) is 25.2 Å². The lowest BCUT2D eigenvalue weighted by Crippen LogP contribution is -2.23. The highest BCUT2D eigenvalue weighted by Crippen LogP contribution is 2.34. The van der Waals surface area contributed by atoms with Gasteiger partial charge in [0.05, 0.1) is 12.3 Å². The van der Waals surface area contributed by atoms with E-state index in [4.69, 9.17) is 4.42 Å². The first-order chi connectivity index (χ1) is 9.40. The number of nitrogens with one attached hydrogen (secondary N) is 1. The van der Waals surface area contributed by atoms with Gasteiger partial charge < -0.3 is 9.73 Å². The Bertz CT molecular complexity index is 582. The van der Waals surface area contributed by atoms with Gasteiger partial charge in [0.2, 0.25) is 0 Å². The monoisotopic (exact) mass is 255 g/mol. The van der Waals surface area contributed by atoms with Crippen molar-refractivity contribution in [2.24, 2.45) is 0 Å². The molecule has 0 radical (unpaired) electrons. The summed E-state index contributed by atoms with van der Waals surface area (Å²) in [7, 11) is 0. The SMILES string of the molecule is CCNC(C1=CCCCC1)c1coc2ccccc12. The summed E-state index contributed by atoms with van der Waals surface area (Å²) in [5.41, 5.74) is 3.79. The van der Waals surface area contributed by atoms with E-state index in [0.717, 1.165) is 12.1 Å². The van der Waals surface area contributed by atoms with Crippen molar-refractivity contribution in [3.05, 3.63) is 47.7 Å². The van der Waals surface area contributed by atoms with E-state index in [0.29, 0.717) is 6.04 Å². The van der Waals surface area contributed by atoms with E-state index in [1.165, 1.54) is 42.2 Å². The average molecular weight is 255 g/mol. The fraction of sp³-hybridized carbons (Fsp3) is 0.412. The lowest BCUT2D eigenvalue weighted by atomic mass is 9.89. The summed E-state index contributed by atoms with van der Waals surface area (Å²) in [6.45, 7) is 3.14. The Kier molecular flexibility index (Phi) is 3.69. The first kappa shape index (κ1) is 12.5. The Morgan fingerprint density at radius 3 is 2.95 bits per heavy atom. The molecule has 2 heteroatoms. The molecule has 1 N–H and O–H groups in total. The predicted octanol–water partition coefficient (Wildman–Crippen LogP) is 4.58. The van der Waals surface area contributed by atoms with Crippen LogP contribution in [-0.2, 0) is 0 Å². The molecule has 0 bridgehead atoms. The van der Waals surface area contributed by atoms with Gasteiger partial charge in [-0.2, -0.15) is 0 Å². The van der Waals surface area contributed by atoms with Crippen LogP contribution >= 0.6 is 0 Å². The summed E-state index contributed by atoms with van der Waals surface area (Å²) in [6, 6.07) is 8.62. The van der Waals surface area contributed by atoms with Crippen molar-refractivity contribution in [1.29, 1.82) is 0 Å². The van der Waals surface area contributed by atoms with E-state index in [1.54, 1.807) is 0 Å². The standard InChI is InChI=1S/C17H21NO/c1-2-18-17(13-8-4-3-5-9-13)15-12-19-16-11-7-6-10-14(15)16/h6-8,10-12,17-18H,2-5,9H2,1H3. The van der Waals surface area contributed by atoms with E-state index in [2.05, 4.69) is 30.4 Å². The molecule has 0 spiro atoms. The Hall–Kier alpha value is -1.54. The minimum Gasteiger partial charge on any atom is -0.464 e. The number of rotatable bonds is 4. The molecule has 1 aliphatic carbocycles. The van der Waals surface area contributed by atoms with Gasteiger partial charge in [-0.25, -0.2) is 0 Å². The minimum absolute atomic E-state index is 0.314. The molecule has 0 saturated heterocycles. The zero-order valence-electron chi connectivity index (χ0n) is 11.5. The molecule has 3 rings (SSSR count). The number of benzene rings is 1. The van der Waals surface area contributed by atoms with Gasteiger partial charge in [0.25, 0.3) is 0 Å². The number of hydrogen-bond acceptors (Lipinski definition) is 2. The van der Waals surface area contributed by atoms with Crippen LogP contribution < -0.4 is 5.32 Å². The Labute approximate surface area is 114 Å². The molecule has 1 unspecified atom stereocenters. The first-order valence-corrected chi connectivity index (χ1v) is 7.28. The molecule has 1 aromatic carbocycles. The highest BCUT2D eigenvalue weighted by molar-refractivity contribution is 5.81. The molecule has 2 nitrogen and oxygen atoms in total. The summed E-state index contributed by atoms with van der Waals surface area (Å²) < 4.78 is 5.70. The molecule has 1 heterocycles. The average Bonchev–Trinajstić information content (AvgIpc) is 2.89. The molecule has 1 atom stereocenters. The van der Waals surface area contributed by atoms with Crippen LogP contribution in [0.15, 0.2) is 46.6 Å². The third kappa shape index (κ3) is 2.45. The summed E-state index contributed by atoms with van der Waals surface area (Å²) in [4.78, 5) is 0. The highest BCUT2D eigenvalue weighted by atomic mass is 16.3. The van der Waals surface area contributed by atoms with Crippen molar-refractivity contribution in [2.45, 2.75) is 38.6 Å². The van der Waals surface area contributed by atoms with Crippen LogP contribution in [0, 0.1) is 0 Å². The quantitative estimate of drug-likeness (QED) is 0.809. The van der Waals surface area contributed by atoms with Gasteiger partial charge in [0.1, 0.15) is 5.58 Å². The fourth-order valence-corrected chi connectivity index (χ4v) is 2.99. The largest absolute Gasteiger partial charge is 0.464 e. The van der Waals surface area contributed by atoms with Gasteiger partial charge in [-0.05, 0) is 38.3 Å². The van der Waals surface area contributed by atoms with E-state index in [9.17, 15) is 0 Å². The van der Waals surface area contributed by atoms with Gasteiger partial charge in [-0.1, -0.05) is 36.8 Å². The van der Waals surface area contributed by atoms with Crippen molar-refractivity contribution in [1.82, 2.24) is 5.32 Å². The zero-order chi connectivity index (χ0) is 13.1. The molecular formula is C17H21NO. The van der Waals surface area contributed by atoms with E-state index < -0.39 is 0 Å². The van der Waals surface area contributed by atoms with Gasteiger partial charge in [-0.3, -0.25) is 0 Å². The van der Waals surface area contributed by atoms with Crippen LogP contribution in [0.2, 0.25) is 0 Å². The van der Waals surface area contributed by atoms with E-state index in [-0.39, 0.29) is 0 Å². The van der Waals surface area contributed by atoms with Crippen LogP contribution in [0.3, 0.4) is 0 Å².